The van der Waals surface area contributed by atoms with Gasteiger partial charge in [-0.15, -0.1) is 0 Å². The number of amides is 1. The minimum Gasteiger partial charge on any atom is -0.487 e. The molecule has 168 valence electrons. The number of hydrogen-bond acceptors (Lipinski definition) is 6. The van der Waals surface area contributed by atoms with E-state index in [1.54, 1.807) is 25.1 Å². The van der Waals surface area contributed by atoms with Crippen LogP contribution >= 0.6 is 0 Å². The van der Waals surface area contributed by atoms with E-state index in [0.29, 0.717) is 22.7 Å². The van der Waals surface area contributed by atoms with Gasteiger partial charge < -0.3 is 14.5 Å². The molecular weight excluding hydrogens is 434 g/mol. The summed E-state index contributed by atoms with van der Waals surface area (Å²) in [7, 11) is 0. The zero-order chi connectivity index (χ0) is 23.7. The van der Waals surface area contributed by atoms with E-state index < -0.39 is 10.8 Å². The summed E-state index contributed by atoms with van der Waals surface area (Å²) in [6.07, 6.45) is 0. The molecular formula is C26H19N3O5. The molecule has 5 aromatic rings. The van der Waals surface area contributed by atoms with Crippen LogP contribution in [0.2, 0.25) is 0 Å². The van der Waals surface area contributed by atoms with E-state index >= 15 is 0 Å². The van der Waals surface area contributed by atoms with E-state index in [1.807, 2.05) is 42.5 Å². The third-order valence-corrected chi connectivity index (χ3v) is 5.36. The number of nitro groups is 1. The minimum atomic E-state index is -0.572. The molecule has 1 amide bonds. The number of nitro benzene ring substituents is 1. The van der Waals surface area contributed by atoms with Gasteiger partial charge >= 0.3 is 5.69 Å². The number of fused-ring (bicyclic) bond motifs is 2. The number of oxazole rings is 1. The Morgan fingerprint density at radius 1 is 1.03 bits per heavy atom. The first-order valence-corrected chi connectivity index (χ1v) is 10.6. The quantitative estimate of drug-likeness (QED) is 0.242. The van der Waals surface area contributed by atoms with Crippen molar-refractivity contribution in [2.24, 2.45) is 0 Å². The predicted octanol–water partition coefficient (Wildman–Crippen LogP) is 6.21. The lowest BCUT2D eigenvalue weighted by Crippen LogP contribution is -2.12. The fourth-order valence-corrected chi connectivity index (χ4v) is 3.73. The first-order chi connectivity index (χ1) is 16.5. The van der Waals surface area contributed by atoms with Crippen LogP contribution in [0.3, 0.4) is 0 Å². The van der Waals surface area contributed by atoms with Crippen molar-refractivity contribution in [2.45, 2.75) is 6.92 Å². The Balaban J connectivity index is 1.41. The number of hydrogen-bond donors (Lipinski definition) is 1. The topological polar surface area (TPSA) is 108 Å². The van der Waals surface area contributed by atoms with Crippen molar-refractivity contribution in [3.05, 3.63) is 94.5 Å². The fourth-order valence-electron chi connectivity index (χ4n) is 3.73. The van der Waals surface area contributed by atoms with Crippen molar-refractivity contribution < 1.29 is 18.9 Å². The molecule has 34 heavy (non-hydrogen) atoms. The highest BCUT2D eigenvalue weighted by Gasteiger charge is 2.19. The van der Waals surface area contributed by atoms with Crippen molar-refractivity contribution in [1.82, 2.24) is 4.98 Å². The van der Waals surface area contributed by atoms with Gasteiger partial charge in [-0.1, -0.05) is 30.3 Å². The number of carbonyl (C=O) groups excluding carboxylic acids is 1. The maximum atomic E-state index is 12.7. The van der Waals surface area contributed by atoms with Gasteiger partial charge in [0.25, 0.3) is 5.91 Å². The number of nitrogens with zero attached hydrogens (tertiary/aromatic N) is 2. The van der Waals surface area contributed by atoms with Crippen LogP contribution in [0.25, 0.3) is 33.3 Å². The van der Waals surface area contributed by atoms with E-state index in [2.05, 4.69) is 10.3 Å². The van der Waals surface area contributed by atoms with Gasteiger partial charge in [0.1, 0.15) is 5.52 Å². The van der Waals surface area contributed by atoms with Crippen LogP contribution in [0.5, 0.6) is 5.75 Å². The van der Waals surface area contributed by atoms with E-state index in [-0.39, 0.29) is 23.6 Å². The van der Waals surface area contributed by atoms with Gasteiger partial charge in [0.15, 0.2) is 11.3 Å². The van der Waals surface area contributed by atoms with Crippen LogP contribution in [-0.4, -0.2) is 22.4 Å². The Morgan fingerprint density at radius 2 is 1.85 bits per heavy atom. The molecule has 0 aliphatic carbocycles. The second kappa shape index (κ2) is 8.67. The van der Waals surface area contributed by atoms with Gasteiger partial charge in [0, 0.05) is 22.9 Å². The largest absolute Gasteiger partial charge is 0.487 e. The van der Waals surface area contributed by atoms with E-state index in [4.69, 9.17) is 9.15 Å². The molecule has 1 N–H and O–H groups in total. The molecule has 0 aliphatic rings. The summed E-state index contributed by atoms with van der Waals surface area (Å²) in [5.41, 5.74) is 2.39. The van der Waals surface area contributed by atoms with Crippen molar-refractivity contribution in [3.63, 3.8) is 0 Å². The number of carbonyl (C=O) groups is 1. The van der Waals surface area contributed by atoms with Crippen LogP contribution < -0.4 is 10.1 Å². The molecule has 8 nitrogen and oxygen atoms in total. The Kier molecular flexibility index (Phi) is 5.39. The van der Waals surface area contributed by atoms with Crippen LogP contribution in [-0.2, 0) is 0 Å². The zero-order valence-corrected chi connectivity index (χ0v) is 18.1. The molecule has 0 saturated carbocycles. The van der Waals surface area contributed by atoms with Gasteiger partial charge in [-0.05, 0) is 60.2 Å². The summed E-state index contributed by atoms with van der Waals surface area (Å²) in [5.74, 6) is 0.115. The number of benzene rings is 4. The minimum absolute atomic E-state index is 0.120. The molecule has 0 atom stereocenters. The Hall–Kier alpha value is -4.72. The Labute approximate surface area is 193 Å². The summed E-state index contributed by atoms with van der Waals surface area (Å²) in [5, 5.41) is 16.3. The second-order valence-electron chi connectivity index (χ2n) is 7.59. The average molecular weight is 453 g/mol. The monoisotopic (exact) mass is 453 g/mol. The predicted molar refractivity (Wildman–Crippen MR) is 129 cm³/mol. The molecule has 0 radical (unpaired) electrons. The maximum absolute atomic E-state index is 12.7. The lowest BCUT2D eigenvalue weighted by molar-refractivity contribution is -0.385. The first kappa shape index (κ1) is 21.1. The van der Waals surface area contributed by atoms with Gasteiger partial charge in [-0.25, -0.2) is 4.98 Å². The smallest absolute Gasteiger partial charge is 0.311 e. The zero-order valence-electron chi connectivity index (χ0n) is 18.1. The molecule has 0 fully saturated rings. The summed E-state index contributed by atoms with van der Waals surface area (Å²) in [6.45, 7) is 2.01. The number of rotatable bonds is 6. The van der Waals surface area contributed by atoms with E-state index in [0.717, 1.165) is 16.3 Å². The fraction of sp³-hybridized carbons (Fsp3) is 0.0769. The lowest BCUT2D eigenvalue weighted by Gasteiger charge is -2.07. The van der Waals surface area contributed by atoms with Gasteiger partial charge in [0.05, 0.1) is 11.5 Å². The summed E-state index contributed by atoms with van der Waals surface area (Å²) in [4.78, 5) is 28.1. The summed E-state index contributed by atoms with van der Waals surface area (Å²) < 4.78 is 11.2. The van der Waals surface area contributed by atoms with Crippen LogP contribution in [0.1, 0.15) is 17.3 Å². The first-order valence-electron chi connectivity index (χ1n) is 10.6. The van der Waals surface area contributed by atoms with Crippen molar-refractivity contribution in [1.29, 1.82) is 0 Å². The Morgan fingerprint density at radius 3 is 2.65 bits per heavy atom. The number of ether oxygens (including phenoxy) is 1. The molecule has 0 saturated heterocycles. The molecule has 8 heteroatoms. The molecule has 1 heterocycles. The molecule has 0 spiro atoms. The van der Waals surface area contributed by atoms with Gasteiger partial charge in [-0.3, -0.25) is 14.9 Å². The van der Waals surface area contributed by atoms with Crippen LogP contribution in [0.15, 0.2) is 83.3 Å². The third-order valence-electron chi connectivity index (χ3n) is 5.36. The molecule has 5 rings (SSSR count). The van der Waals surface area contributed by atoms with Crippen molar-refractivity contribution in [3.8, 4) is 17.2 Å². The highest BCUT2D eigenvalue weighted by atomic mass is 16.6. The lowest BCUT2D eigenvalue weighted by atomic mass is 10.1. The molecule has 1 aromatic heterocycles. The standard InChI is InChI=1S/C26H19N3O5/c1-2-33-24-11-9-18(14-22(24)29(31)32)25(30)27-20-10-12-23-21(15-20)28-26(34-23)19-8-7-16-5-3-4-6-17(16)13-19/h3-15H,2H2,1H3,(H,27,30). The number of nitrogens with one attached hydrogen (secondary N) is 1. The van der Waals surface area contributed by atoms with Crippen LogP contribution in [0, 0.1) is 10.1 Å². The third kappa shape index (κ3) is 4.04. The normalized spacial score (nSPS) is 11.0. The molecule has 0 bridgehead atoms. The molecule has 0 aliphatic heterocycles. The van der Waals surface area contributed by atoms with Gasteiger partial charge in [-0.2, -0.15) is 0 Å². The van der Waals surface area contributed by atoms with Crippen molar-refractivity contribution in [2.75, 3.05) is 11.9 Å². The highest BCUT2D eigenvalue weighted by molar-refractivity contribution is 6.05. The SMILES string of the molecule is CCOc1ccc(C(=O)Nc2ccc3oc(-c4ccc5ccccc5c4)nc3c2)cc1[N+](=O)[O-]. The number of anilines is 1. The van der Waals surface area contributed by atoms with E-state index in [1.165, 1.54) is 18.2 Å². The van der Waals surface area contributed by atoms with E-state index in [9.17, 15) is 14.9 Å². The Bertz CT molecular complexity index is 1560. The summed E-state index contributed by atoms with van der Waals surface area (Å²) >= 11 is 0. The van der Waals surface area contributed by atoms with Crippen molar-refractivity contribution >= 4 is 39.2 Å². The maximum Gasteiger partial charge on any atom is 0.311 e. The average Bonchev–Trinajstić information content (AvgIpc) is 3.27. The van der Waals surface area contributed by atoms with Gasteiger partial charge in [0.2, 0.25) is 5.89 Å². The number of aromatic nitrogens is 1. The second-order valence-corrected chi connectivity index (χ2v) is 7.59. The summed E-state index contributed by atoms with van der Waals surface area (Å²) in [6, 6.07) is 23.2. The van der Waals surface area contributed by atoms with Crippen LogP contribution in [0.4, 0.5) is 11.4 Å². The molecule has 0 unspecified atom stereocenters. The molecule has 4 aromatic carbocycles. The highest BCUT2D eigenvalue weighted by Crippen LogP contribution is 2.30.